The molecule has 5 N–H and O–H groups in total. The number of hydrogen-bond acceptors (Lipinski definition) is 7. The summed E-state index contributed by atoms with van der Waals surface area (Å²) in [7, 11) is 0. The van der Waals surface area contributed by atoms with E-state index in [0.29, 0.717) is 0 Å². The summed E-state index contributed by atoms with van der Waals surface area (Å²) >= 11 is 0. The second-order valence-corrected chi connectivity index (χ2v) is 3.75. The first-order chi connectivity index (χ1) is 7.60. The van der Waals surface area contributed by atoms with Gasteiger partial charge in [0.05, 0.1) is 26.4 Å². The first-order valence-corrected chi connectivity index (χ1v) is 5.09. The number of hydrogen-bond donors (Lipinski definition) is 5. The Morgan fingerprint density at radius 2 is 1.94 bits per heavy atom. The molecule has 5 atom stereocenters. The Hall–Kier alpha value is -0.280. The third kappa shape index (κ3) is 3.36. The number of ether oxygens (including phenoxy) is 2. The lowest BCUT2D eigenvalue weighted by molar-refractivity contribution is -0.119. The van der Waals surface area contributed by atoms with Gasteiger partial charge in [-0.3, -0.25) is 0 Å². The molecule has 1 unspecified atom stereocenters. The molecule has 1 aliphatic heterocycles. The molecule has 1 aliphatic rings. The highest BCUT2D eigenvalue weighted by atomic mass is 16.6. The van der Waals surface area contributed by atoms with Gasteiger partial charge in [-0.15, -0.1) is 0 Å². The summed E-state index contributed by atoms with van der Waals surface area (Å²) in [4.78, 5) is 0. The van der Waals surface area contributed by atoms with E-state index in [-0.39, 0.29) is 13.2 Å². The van der Waals surface area contributed by atoms with Crippen LogP contribution in [0.5, 0.6) is 0 Å². The van der Waals surface area contributed by atoms with Crippen molar-refractivity contribution in [3.05, 3.63) is 0 Å². The molecule has 96 valence electrons. The summed E-state index contributed by atoms with van der Waals surface area (Å²) in [6.45, 7) is -1.06. The fraction of sp³-hybridized carbons (Fsp3) is 1.00. The van der Waals surface area contributed by atoms with Crippen LogP contribution in [-0.2, 0) is 9.47 Å². The Kier molecular flexibility index (Phi) is 5.56. The molecule has 0 bridgehead atoms. The summed E-state index contributed by atoms with van der Waals surface area (Å²) in [5.74, 6) is 0. The van der Waals surface area contributed by atoms with Crippen molar-refractivity contribution in [3.8, 4) is 0 Å². The maximum atomic E-state index is 9.50. The molecule has 0 aliphatic carbocycles. The van der Waals surface area contributed by atoms with E-state index in [2.05, 4.69) is 0 Å². The average molecular weight is 238 g/mol. The number of rotatable bonds is 6. The topological polar surface area (TPSA) is 120 Å². The van der Waals surface area contributed by atoms with Crippen molar-refractivity contribution in [2.75, 3.05) is 26.4 Å². The molecule has 1 fully saturated rings. The van der Waals surface area contributed by atoms with Gasteiger partial charge < -0.3 is 35.0 Å². The standard InChI is InChI=1S/C9H18O7/c10-1-5(12)3-15-7(2-11)9-8(14)6(13)4-16-9/h5-14H,1-4H2/t5?,6-,7+,8+,9+/m0/s1. The van der Waals surface area contributed by atoms with E-state index in [0.717, 1.165) is 0 Å². The van der Waals surface area contributed by atoms with Crippen molar-refractivity contribution in [1.82, 2.24) is 0 Å². The highest BCUT2D eigenvalue weighted by molar-refractivity contribution is 4.88. The molecule has 1 rings (SSSR count). The summed E-state index contributed by atoms with van der Waals surface area (Å²) in [6, 6.07) is 0. The van der Waals surface area contributed by atoms with Crippen LogP contribution in [0.25, 0.3) is 0 Å². The van der Waals surface area contributed by atoms with Crippen LogP contribution >= 0.6 is 0 Å². The monoisotopic (exact) mass is 238 g/mol. The van der Waals surface area contributed by atoms with Crippen LogP contribution in [-0.4, -0.2) is 82.5 Å². The van der Waals surface area contributed by atoms with E-state index >= 15 is 0 Å². The van der Waals surface area contributed by atoms with Gasteiger partial charge in [-0.2, -0.15) is 0 Å². The van der Waals surface area contributed by atoms with Gasteiger partial charge in [-0.25, -0.2) is 0 Å². The van der Waals surface area contributed by atoms with Gasteiger partial charge in [0.15, 0.2) is 0 Å². The number of aliphatic hydroxyl groups excluding tert-OH is 5. The lowest BCUT2D eigenvalue weighted by Gasteiger charge is -2.24. The van der Waals surface area contributed by atoms with E-state index < -0.39 is 43.7 Å². The zero-order valence-corrected chi connectivity index (χ0v) is 8.77. The van der Waals surface area contributed by atoms with Crippen LogP contribution in [0.15, 0.2) is 0 Å². The largest absolute Gasteiger partial charge is 0.394 e. The molecule has 0 aromatic carbocycles. The fourth-order valence-corrected chi connectivity index (χ4v) is 1.49. The van der Waals surface area contributed by atoms with Crippen LogP contribution < -0.4 is 0 Å². The van der Waals surface area contributed by atoms with Crippen LogP contribution in [0.2, 0.25) is 0 Å². The van der Waals surface area contributed by atoms with Crippen molar-refractivity contribution < 1.29 is 35.0 Å². The Bertz CT molecular complexity index is 200. The number of aliphatic hydroxyl groups is 5. The van der Waals surface area contributed by atoms with Crippen LogP contribution in [0.4, 0.5) is 0 Å². The normalized spacial score (nSPS) is 33.9. The minimum atomic E-state index is -1.12. The third-order valence-corrected chi connectivity index (χ3v) is 2.45. The van der Waals surface area contributed by atoms with Crippen LogP contribution in [0, 0.1) is 0 Å². The summed E-state index contributed by atoms with van der Waals surface area (Å²) < 4.78 is 10.2. The van der Waals surface area contributed by atoms with Gasteiger partial charge in [0.25, 0.3) is 0 Å². The second kappa shape index (κ2) is 6.45. The molecule has 0 spiro atoms. The Balaban J connectivity index is 2.41. The second-order valence-electron chi connectivity index (χ2n) is 3.75. The Morgan fingerprint density at radius 1 is 1.25 bits per heavy atom. The highest BCUT2D eigenvalue weighted by Crippen LogP contribution is 2.19. The van der Waals surface area contributed by atoms with Gasteiger partial charge in [0.2, 0.25) is 0 Å². The van der Waals surface area contributed by atoms with E-state index in [9.17, 15) is 10.2 Å². The maximum absolute atomic E-state index is 9.50. The van der Waals surface area contributed by atoms with Crippen molar-refractivity contribution in [1.29, 1.82) is 0 Å². The zero-order valence-electron chi connectivity index (χ0n) is 8.77. The molecule has 0 aromatic heterocycles. The molecule has 0 amide bonds. The van der Waals surface area contributed by atoms with Crippen LogP contribution in [0.3, 0.4) is 0 Å². The maximum Gasteiger partial charge on any atom is 0.114 e. The van der Waals surface area contributed by atoms with Crippen molar-refractivity contribution in [3.63, 3.8) is 0 Å². The van der Waals surface area contributed by atoms with E-state index in [1.807, 2.05) is 0 Å². The van der Waals surface area contributed by atoms with Gasteiger partial charge in [-0.05, 0) is 0 Å². The average Bonchev–Trinajstić information content (AvgIpc) is 2.61. The molecule has 16 heavy (non-hydrogen) atoms. The first kappa shape index (κ1) is 13.8. The fourth-order valence-electron chi connectivity index (χ4n) is 1.49. The molecule has 1 heterocycles. The van der Waals surface area contributed by atoms with E-state index in [1.165, 1.54) is 0 Å². The van der Waals surface area contributed by atoms with Crippen molar-refractivity contribution in [2.45, 2.75) is 30.5 Å². The van der Waals surface area contributed by atoms with Crippen molar-refractivity contribution in [2.24, 2.45) is 0 Å². The van der Waals surface area contributed by atoms with Gasteiger partial charge >= 0.3 is 0 Å². The lowest BCUT2D eigenvalue weighted by atomic mass is 10.1. The first-order valence-electron chi connectivity index (χ1n) is 5.09. The van der Waals surface area contributed by atoms with Gasteiger partial charge in [0.1, 0.15) is 30.5 Å². The minimum Gasteiger partial charge on any atom is -0.394 e. The molecular weight excluding hydrogens is 220 g/mol. The summed E-state index contributed by atoms with van der Waals surface area (Å²) in [5, 5.41) is 45.4. The molecule has 0 radical (unpaired) electrons. The minimum absolute atomic E-state index is 0.0196. The molecule has 1 saturated heterocycles. The Labute approximate surface area is 92.9 Å². The van der Waals surface area contributed by atoms with E-state index in [4.69, 9.17) is 24.8 Å². The summed E-state index contributed by atoms with van der Waals surface area (Å²) in [5.41, 5.74) is 0. The van der Waals surface area contributed by atoms with Crippen LogP contribution in [0.1, 0.15) is 0 Å². The molecule has 0 saturated carbocycles. The zero-order chi connectivity index (χ0) is 12.1. The lowest BCUT2D eigenvalue weighted by Crippen LogP contribution is -2.43. The molecule has 7 heteroatoms. The smallest absolute Gasteiger partial charge is 0.114 e. The van der Waals surface area contributed by atoms with E-state index in [1.54, 1.807) is 0 Å². The van der Waals surface area contributed by atoms with Gasteiger partial charge in [-0.1, -0.05) is 0 Å². The molecule has 0 aromatic rings. The van der Waals surface area contributed by atoms with Crippen molar-refractivity contribution >= 4 is 0 Å². The predicted octanol–water partition coefficient (Wildman–Crippen LogP) is -3.16. The quantitative estimate of drug-likeness (QED) is 0.331. The Morgan fingerprint density at radius 3 is 2.38 bits per heavy atom. The molecule has 7 nitrogen and oxygen atoms in total. The summed E-state index contributed by atoms with van der Waals surface area (Å²) in [6.07, 6.45) is -4.83. The SMILES string of the molecule is OCC(O)CO[C@H](CO)[C@H]1OC[C@H](O)[C@H]1O. The third-order valence-electron chi connectivity index (χ3n) is 2.45. The highest BCUT2D eigenvalue weighted by Gasteiger charge is 2.40. The predicted molar refractivity (Wildman–Crippen MR) is 51.7 cm³/mol. The molecular formula is C9H18O7. The van der Waals surface area contributed by atoms with Gasteiger partial charge in [0, 0.05) is 0 Å².